The fourth-order valence-electron chi connectivity index (χ4n) is 2.38. The molecule has 1 aliphatic rings. The third-order valence-corrected chi connectivity index (χ3v) is 4.74. The van der Waals surface area contributed by atoms with Gasteiger partial charge >= 0.3 is 0 Å². The number of benzene rings is 2. The van der Waals surface area contributed by atoms with Crippen LogP contribution in [0.4, 0.5) is 5.69 Å². The number of nitrogens with one attached hydrogen (secondary N) is 1. The van der Waals surface area contributed by atoms with Gasteiger partial charge in [-0.3, -0.25) is 15.1 Å². The summed E-state index contributed by atoms with van der Waals surface area (Å²) >= 11 is 7.06. The van der Waals surface area contributed by atoms with Gasteiger partial charge in [0, 0.05) is 5.02 Å². The normalized spacial score (nSPS) is 16.5. The Bertz CT molecular complexity index is 827. The minimum Gasteiger partial charge on any atom is -0.278 e. The predicted molar refractivity (Wildman–Crippen MR) is 98.1 cm³/mol. The number of carbonyl (C=O) groups excluding carboxylic acids is 1. The van der Waals surface area contributed by atoms with E-state index in [2.05, 4.69) is 0 Å². The van der Waals surface area contributed by atoms with Crippen LogP contribution in [0.3, 0.4) is 0 Å². The molecule has 0 unspecified atom stereocenters. The maximum absolute atomic E-state index is 12.7. The lowest BCUT2D eigenvalue weighted by Crippen LogP contribution is -2.28. The van der Waals surface area contributed by atoms with Gasteiger partial charge < -0.3 is 0 Å². The lowest BCUT2D eigenvalue weighted by molar-refractivity contribution is -0.113. The third-order valence-electron chi connectivity index (χ3n) is 3.60. The number of hydrogen-bond donors (Lipinski definition) is 1. The third kappa shape index (κ3) is 3.19. The molecule has 0 spiro atoms. The molecule has 0 aliphatic carbocycles. The largest absolute Gasteiger partial charge is 0.278 e. The van der Waals surface area contributed by atoms with Gasteiger partial charge in [0.15, 0.2) is 5.17 Å². The van der Waals surface area contributed by atoms with Crippen molar-refractivity contribution in [2.45, 2.75) is 13.8 Å². The summed E-state index contributed by atoms with van der Waals surface area (Å²) in [4.78, 5) is 14.7. The van der Waals surface area contributed by atoms with Crippen LogP contribution in [0.5, 0.6) is 0 Å². The molecule has 0 aromatic heterocycles. The van der Waals surface area contributed by atoms with Crippen molar-refractivity contribution >= 4 is 46.2 Å². The van der Waals surface area contributed by atoms with Gasteiger partial charge in [-0.2, -0.15) is 0 Å². The maximum atomic E-state index is 12.7. The molecule has 2 aromatic carbocycles. The number of amidine groups is 1. The molecule has 5 heteroatoms. The minimum atomic E-state index is -0.163. The van der Waals surface area contributed by atoms with Gasteiger partial charge in [-0.25, -0.2) is 0 Å². The Labute approximate surface area is 144 Å². The van der Waals surface area contributed by atoms with Crippen LogP contribution in [-0.4, -0.2) is 11.1 Å². The Morgan fingerprint density at radius 3 is 2.52 bits per heavy atom. The number of rotatable bonds is 2. The summed E-state index contributed by atoms with van der Waals surface area (Å²) in [6, 6.07) is 13.2. The van der Waals surface area contributed by atoms with Crippen LogP contribution in [0.2, 0.25) is 5.02 Å². The maximum Gasteiger partial charge on any atom is 0.271 e. The molecule has 1 amide bonds. The lowest BCUT2D eigenvalue weighted by Gasteiger charge is -2.17. The fourth-order valence-corrected chi connectivity index (χ4v) is 3.36. The molecular formula is C18H15ClN2OS. The van der Waals surface area contributed by atoms with E-state index in [9.17, 15) is 4.79 Å². The molecule has 2 aromatic rings. The zero-order valence-electron chi connectivity index (χ0n) is 12.8. The molecule has 116 valence electrons. The molecule has 0 atom stereocenters. The fraction of sp³-hybridized carbons (Fsp3) is 0.111. The zero-order valence-corrected chi connectivity index (χ0v) is 14.3. The average molecular weight is 343 g/mol. The van der Waals surface area contributed by atoms with E-state index in [0.717, 1.165) is 22.4 Å². The van der Waals surface area contributed by atoms with Gasteiger partial charge in [-0.05, 0) is 66.6 Å². The van der Waals surface area contributed by atoms with E-state index >= 15 is 0 Å². The summed E-state index contributed by atoms with van der Waals surface area (Å²) in [5, 5.41) is 9.06. The second-order valence-corrected chi connectivity index (χ2v) is 6.86. The molecule has 1 N–H and O–H groups in total. The van der Waals surface area contributed by atoms with E-state index in [1.165, 1.54) is 16.7 Å². The van der Waals surface area contributed by atoms with Crippen LogP contribution in [0.15, 0.2) is 47.4 Å². The van der Waals surface area contributed by atoms with Gasteiger partial charge in [-0.15, -0.1) is 0 Å². The molecule has 1 heterocycles. The quantitative estimate of drug-likeness (QED) is 0.779. The number of amides is 1. The zero-order chi connectivity index (χ0) is 16.6. The van der Waals surface area contributed by atoms with Gasteiger partial charge in [0.2, 0.25) is 0 Å². The van der Waals surface area contributed by atoms with Crippen molar-refractivity contribution in [3.63, 3.8) is 0 Å². The first kappa shape index (κ1) is 15.8. The first-order valence-corrected chi connectivity index (χ1v) is 8.30. The van der Waals surface area contributed by atoms with Gasteiger partial charge in [-0.1, -0.05) is 35.9 Å². The summed E-state index contributed by atoms with van der Waals surface area (Å²) in [6.45, 7) is 3.92. The molecule has 0 saturated carbocycles. The standard InChI is InChI=1S/C18H15ClN2OS/c1-11-3-4-12(2)15(9-11)21-17(22)16(23-18(21)20)10-13-5-7-14(19)8-6-13/h3-10,20H,1-2H3. The number of anilines is 1. The number of carbonyl (C=O) groups is 1. The van der Waals surface area contributed by atoms with Crippen molar-refractivity contribution < 1.29 is 4.79 Å². The minimum absolute atomic E-state index is 0.163. The van der Waals surface area contributed by atoms with Gasteiger partial charge in [0.1, 0.15) is 0 Å². The Hall–Kier alpha value is -2.04. The van der Waals surface area contributed by atoms with Crippen molar-refractivity contribution in [2.24, 2.45) is 0 Å². The molecule has 1 saturated heterocycles. The first-order chi connectivity index (χ1) is 11.0. The summed E-state index contributed by atoms with van der Waals surface area (Å²) in [6.07, 6.45) is 1.79. The van der Waals surface area contributed by atoms with Crippen LogP contribution in [0, 0.1) is 19.3 Å². The average Bonchev–Trinajstić information content (AvgIpc) is 2.78. The van der Waals surface area contributed by atoms with Crippen LogP contribution < -0.4 is 4.90 Å². The number of aryl methyl sites for hydroxylation is 2. The second kappa shape index (κ2) is 6.22. The van der Waals surface area contributed by atoms with Crippen molar-refractivity contribution in [2.75, 3.05) is 4.90 Å². The van der Waals surface area contributed by atoms with E-state index in [-0.39, 0.29) is 11.1 Å². The highest BCUT2D eigenvalue weighted by atomic mass is 35.5. The SMILES string of the molecule is Cc1ccc(C)c(N2C(=N)SC(=Cc3ccc(Cl)cc3)C2=O)c1. The highest BCUT2D eigenvalue weighted by molar-refractivity contribution is 8.19. The molecule has 23 heavy (non-hydrogen) atoms. The highest BCUT2D eigenvalue weighted by Crippen LogP contribution is 2.36. The van der Waals surface area contributed by atoms with Crippen molar-refractivity contribution in [1.29, 1.82) is 5.41 Å². The topological polar surface area (TPSA) is 44.2 Å². The Kier molecular flexibility index (Phi) is 4.28. The molecule has 3 nitrogen and oxygen atoms in total. The molecule has 1 aliphatic heterocycles. The summed E-state index contributed by atoms with van der Waals surface area (Å²) in [7, 11) is 0. The number of halogens is 1. The number of hydrogen-bond acceptors (Lipinski definition) is 3. The van der Waals surface area contributed by atoms with Gasteiger partial charge in [0.25, 0.3) is 5.91 Å². The van der Waals surface area contributed by atoms with E-state index in [4.69, 9.17) is 17.0 Å². The highest BCUT2D eigenvalue weighted by Gasteiger charge is 2.34. The monoisotopic (exact) mass is 342 g/mol. The predicted octanol–water partition coefficient (Wildman–Crippen LogP) is 5.01. The lowest BCUT2D eigenvalue weighted by atomic mass is 10.1. The van der Waals surface area contributed by atoms with Crippen LogP contribution in [0.25, 0.3) is 6.08 Å². The Morgan fingerprint density at radius 1 is 1.13 bits per heavy atom. The summed E-state index contributed by atoms with van der Waals surface area (Å²) < 4.78 is 0. The molecule has 0 radical (unpaired) electrons. The van der Waals surface area contributed by atoms with Crippen molar-refractivity contribution in [1.82, 2.24) is 0 Å². The molecule has 0 bridgehead atoms. The molecular weight excluding hydrogens is 328 g/mol. The Morgan fingerprint density at radius 2 is 1.83 bits per heavy atom. The van der Waals surface area contributed by atoms with E-state index < -0.39 is 0 Å². The van der Waals surface area contributed by atoms with E-state index in [1.54, 1.807) is 18.2 Å². The molecule has 3 rings (SSSR count). The smallest absolute Gasteiger partial charge is 0.271 e. The van der Waals surface area contributed by atoms with Crippen molar-refractivity contribution in [3.05, 3.63) is 69.1 Å². The summed E-state index contributed by atoms with van der Waals surface area (Å²) in [5.41, 5.74) is 3.70. The number of thioether (sulfide) groups is 1. The van der Waals surface area contributed by atoms with Crippen molar-refractivity contribution in [3.8, 4) is 0 Å². The van der Waals surface area contributed by atoms with Crippen LogP contribution in [0.1, 0.15) is 16.7 Å². The second-order valence-electron chi connectivity index (χ2n) is 5.40. The van der Waals surface area contributed by atoms with E-state index in [0.29, 0.717) is 9.93 Å². The van der Waals surface area contributed by atoms with Crippen LogP contribution >= 0.6 is 23.4 Å². The van der Waals surface area contributed by atoms with E-state index in [1.807, 2.05) is 44.2 Å². The first-order valence-electron chi connectivity index (χ1n) is 7.11. The summed E-state index contributed by atoms with van der Waals surface area (Å²) in [5.74, 6) is -0.163. The van der Waals surface area contributed by atoms with Crippen LogP contribution in [-0.2, 0) is 4.79 Å². The Balaban J connectivity index is 1.97. The van der Waals surface area contributed by atoms with Gasteiger partial charge in [0.05, 0.1) is 10.6 Å². The number of nitrogens with zero attached hydrogens (tertiary/aromatic N) is 1. The molecule has 1 fully saturated rings.